The standard InChI is InChI=1S/C20H24N2O6S2/c1-25-13-5-7-17(27-3)15(9-13)21-19(23)11-29-30-12-20(24)22-16-10-14(26-2)6-8-18(16)28-4/h5-10H,11-12H2,1-4H3,(H,21,23)(H,22,24). The zero-order valence-electron chi connectivity index (χ0n) is 17.1. The first kappa shape index (κ1) is 23.6. The fourth-order valence-electron chi connectivity index (χ4n) is 2.39. The molecule has 0 fully saturated rings. The summed E-state index contributed by atoms with van der Waals surface area (Å²) in [5.74, 6) is 2.20. The molecule has 162 valence electrons. The normalized spacial score (nSPS) is 10.1. The summed E-state index contributed by atoms with van der Waals surface area (Å²) in [7, 11) is 8.70. The Morgan fingerprint density at radius 2 is 1.10 bits per heavy atom. The minimum atomic E-state index is -0.214. The van der Waals surface area contributed by atoms with Crippen LogP contribution in [0.5, 0.6) is 23.0 Å². The Morgan fingerprint density at radius 1 is 0.700 bits per heavy atom. The maximum absolute atomic E-state index is 12.2. The van der Waals surface area contributed by atoms with E-state index in [2.05, 4.69) is 10.6 Å². The maximum Gasteiger partial charge on any atom is 0.235 e. The van der Waals surface area contributed by atoms with Crippen LogP contribution in [0, 0.1) is 0 Å². The van der Waals surface area contributed by atoms with Crippen molar-refractivity contribution in [3.8, 4) is 23.0 Å². The van der Waals surface area contributed by atoms with E-state index in [-0.39, 0.29) is 23.3 Å². The van der Waals surface area contributed by atoms with Crippen LogP contribution in [-0.4, -0.2) is 51.8 Å². The van der Waals surface area contributed by atoms with Gasteiger partial charge in [0.05, 0.1) is 51.3 Å². The lowest BCUT2D eigenvalue weighted by Crippen LogP contribution is -2.16. The van der Waals surface area contributed by atoms with Crippen LogP contribution in [0.4, 0.5) is 11.4 Å². The van der Waals surface area contributed by atoms with Crippen LogP contribution in [0.1, 0.15) is 0 Å². The van der Waals surface area contributed by atoms with Crippen molar-refractivity contribution in [2.24, 2.45) is 0 Å². The van der Waals surface area contributed by atoms with Crippen molar-refractivity contribution in [2.75, 3.05) is 50.6 Å². The second-order valence-corrected chi connectivity index (χ2v) is 8.22. The zero-order chi connectivity index (χ0) is 21.9. The molecule has 0 unspecified atom stereocenters. The lowest BCUT2D eigenvalue weighted by atomic mass is 10.2. The van der Waals surface area contributed by atoms with E-state index in [1.807, 2.05) is 0 Å². The van der Waals surface area contributed by atoms with Crippen LogP contribution in [0.3, 0.4) is 0 Å². The highest BCUT2D eigenvalue weighted by Crippen LogP contribution is 2.31. The fraction of sp³-hybridized carbons (Fsp3) is 0.300. The number of hydrogen-bond donors (Lipinski definition) is 2. The molecule has 2 aromatic rings. The van der Waals surface area contributed by atoms with Crippen molar-refractivity contribution >= 4 is 44.8 Å². The summed E-state index contributed by atoms with van der Waals surface area (Å²) in [5.41, 5.74) is 1.05. The first-order valence-corrected chi connectivity index (χ1v) is 11.3. The number of nitrogens with one attached hydrogen (secondary N) is 2. The second kappa shape index (κ2) is 12.1. The Hall–Kier alpha value is -2.72. The van der Waals surface area contributed by atoms with Crippen molar-refractivity contribution in [3.63, 3.8) is 0 Å². The van der Waals surface area contributed by atoms with Crippen molar-refractivity contribution < 1.29 is 28.5 Å². The lowest BCUT2D eigenvalue weighted by molar-refractivity contribution is -0.114. The molecule has 0 heterocycles. The van der Waals surface area contributed by atoms with E-state index in [4.69, 9.17) is 18.9 Å². The third-order valence-electron chi connectivity index (χ3n) is 3.82. The number of rotatable bonds is 11. The molecule has 0 aliphatic heterocycles. The number of amides is 2. The smallest absolute Gasteiger partial charge is 0.235 e. The van der Waals surface area contributed by atoms with Gasteiger partial charge in [-0.05, 0) is 24.3 Å². The first-order valence-electron chi connectivity index (χ1n) is 8.78. The van der Waals surface area contributed by atoms with Gasteiger partial charge in [0.2, 0.25) is 11.8 Å². The van der Waals surface area contributed by atoms with E-state index in [0.717, 1.165) is 0 Å². The highest BCUT2D eigenvalue weighted by molar-refractivity contribution is 8.77. The molecule has 2 N–H and O–H groups in total. The molecule has 30 heavy (non-hydrogen) atoms. The molecule has 2 amide bonds. The van der Waals surface area contributed by atoms with Gasteiger partial charge in [0.15, 0.2) is 0 Å². The summed E-state index contributed by atoms with van der Waals surface area (Å²) in [6.07, 6.45) is 0. The van der Waals surface area contributed by atoms with Gasteiger partial charge < -0.3 is 29.6 Å². The quantitative estimate of drug-likeness (QED) is 0.394. The number of hydrogen-bond acceptors (Lipinski definition) is 8. The predicted octanol–water partition coefficient (Wildman–Crippen LogP) is 3.68. The number of anilines is 2. The molecule has 0 radical (unpaired) electrons. The van der Waals surface area contributed by atoms with Gasteiger partial charge in [-0.2, -0.15) is 0 Å². The number of ether oxygens (including phenoxy) is 4. The molecular formula is C20H24N2O6S2. The van der Waals surface area contributed by atoms with Crippen LogP contribution in [0.15, 0.2) is 36.4 Å². The van der Waals surface area contributed by atoms with E-state index in [1.54, 1.807) is 50.6 Å². The summed E-state index contributed by atoms with van der Waals surface area (Å²) in [5, 5.41) is 5.57. The number of benzene rings is 2. The predicted molar refractivity (Wildman–Crippen MR) is 121 cm³/mol. The molecule has 0 atom stereocenters. The molecular weight excluding hydrogens is 428 g/mol. The molecule has 8 nitrogen and oxygen atoms in total. The van der Waals surface area contributed by atoms with Gasteiger partial charge in [0, 0.05) is 12.1 Å². The van der Waals surface area contributed by atoms with Crippen LogP contribution < -0.4 is 29.6 Å². The molecule has 2 aromatic carbocycles. The summed E-state index contributed by atoms with van der Waals surface area (Å²) in [4.78, 5) is 24.4. The zero-order valence-corrected chi connectivity index (χ0v) is 18.8. The highest BCUT2D eigenvalue weighted by Gasteiger charge is 2.12. The Bertz CT molecular complexity index is 807. The molecule has 0 aliphatic rings. The fourth-order valence-corrected chi connectivity index (χ4v) is 4.05. The maximum atomic E-state index is 12.2. The molecule has 10 heteroatoms. The minimum Gasteiger partial charge on any atom is -0.497 e. The van der Waals surface area contributed by atoms with Gasteiger partial charge in [0.25, 0.3) is 0 Å². The van der Waals surface area contributed by atoms with Crippen molar-refractivity contribution in [2.45, 2.75) is 0 Å². The number of carbonyl (C=O) groups excluding carboxylic acids is 2. The van der Waals surface area contributed by atoms with E-state index in [1.165, 1.54) is 35.8 Å². The average molecular weight is 453 g/mol. The Balaban J connectivity index is 1.80. The minimum absolute atomic E-state index is 0.167. The summed E-state index contributed by atoms with van der Waals surface area (Å²) >= 11 is 0. The molecule has 0 saturated heterocycles. The molecule has 0 saturated carbocycles. The van der Waals surface area contributed by atoms with Gasteiger partial charge in [-0.1, -0.05) is 21.6 Å². The lowest BCUT2D eigenvalue weighted by Gasteiger charge is -2.12. The molecule has 0 bridgehead atoms. The van der Waals surface area contributed by atoms with Gasteiger partial charge in [-0.25, -0.2) is 0 Å². The second-order valence-electron chi connectivity index (χ2n) is 5.75. The summed E-state index contributed by atoms with van der Waals surface area (Å²) in [6.45, 7) is 0. The average Bonchev–Trinajstić information content (AvgIpc) is 2.76. The topological polar surface area (TPSA) is 95.1 Å². The number of carbonyl (C=O) groups is 2. The molecule has 0 spiro atoms. The van der Waals surface area contributed by atoms with E-state index < -0.39 is 0 Å². The third kappa shape index (κ3) is 6.96. The van der Waals surface area contributed by atoms with E-state index in [0.29, 0.717) is 34.4 Å². The highest BCUT2D eigenvalue weighted by atomic mass is 33.1. The van der Waals surface area contributed by atoms with Gasteiger partial charge in [-0.15, -0.1) is 0 Å². The molecule has 0 aromatic heterocycles. The largest absolute Gasteiger partial charge is 0.497 e. The van der Waals surface area contributed by atoms with Crippen LogP contribution in [-0.2, 0) is 9.59 Å². The number of methoxy groups -OCH3 is 4. The molecule has 2 rings (SSSR count). The van der Waals surface area contributed by atoms with Crippen LogP contribution in [0.2, 0.25) is 0 Å². The summed E-state index contributed by atoms with van der Waals surface area (Å²) < 4.78 is 20.8. The van der Waals surface area contributed by atoms with Gasteiger partial charge >= 0.3 is 0 Å². The van der Waals surface area contributed by atoms with Crippen molar-refractivity contribution in [1.29, 1.82) is 0 Å². The Morgan fingerprint density at radius 3 is 1.43 bits per heavy atom. The van der Waals surface area contributed by atoms with E-state index >= 15 is 0 Å². The van der Waals surface area contributed by atoms with Crippen LogP contribution >= 0.6 is 21.6 Å². The van der Waals surface area contributed by atoms with Crippen molar-refractivity contribution in [1.82, 2.24) is 0 Å². The first-order chi connectivity index (χ1) is 14.5. The Labute approximate surface area is 183 Å². The van der Waals surface area contributed by atoms with Gasteiger partial charge in [0.1, 0.15) is 23.0 Å². The molecule has 0 aliphatic carbocycles. The van der Waals surface area contributed by atoms with E-state index in [9.17, 15) is 9.59 Å². The van der Waals surface area contributed by atoms with Crippen molar-refractivity contribution in [3.05, 3.63) is 36.4 Å². The van der Waals surface area contributed by atoms with Gasteiger partial charge in [-0.3, -0.25) is 9.59 Å². The Kier molecular flexibility index (Phi) is 9.49. The monoisotopic (exact) mass is 452 g/mol. The summed E-state index contributed by atoms with van der Waals surface area (Å²) in [6, 6.07) is 10.3. The third-order valence-corrected chi connectivity index (χ3v) is 5.96. The van der Waals surface area contributed by atoms with Crippen LogP contribution in [0.25, 0.3) is 0 Å². The SMILES string of the molecule is COc1ccc(OC)c(NC(=O)CSSCC(=O)Nc2cc(OC)ccc2OC)c1.